The van der Waals surface area contributed by atoms with Gasteiger partial charge in [0.1, 0.15) is 11.6 Å². The lowest BCUT2D eigenvalue weighted by Crippen LogP contribution is -2.32. The Bertz CT molecular complexity index is 1530. The first-order valence-electron chi connectivity index (χ1n) is 9.88. The second kappa shape index (κ2) is 9.03. The molecule has 0 aliphatic heterocycles. The van der Waals surface area contributed by atoms with Gasteiger partial charge >= 0.3 is 0 Å². The molecule has 4 rings (SSSR count). The molecule has 0 aliphatic carbocycles. The van der Waals surface area contributed by atoms with Gasteiger partial charge < -0.3 is 4.90 Å². The lowest BCUT2D eigenvalue weighted by Gasteiger charge is -2.25. The summed E-state index contributed by atoms with van der Waals surface area (Å²) in [6.07, 6.45) is 3.58. The summed E-state index contributed by atoms with van der Waals surface area (Å²) in [5.41, 5.74) is 1.03. The van der Waals surface area contributed by atoms with E-state index in [0.29, 0.717) is 22.3 Å². The quantitative estimate of drug-likeness (QED) is 0.373. The standard InChI is InChI=1S/C23H17ClF2N4O3S/c1-13-27-10-16(11-28-13)23(31)30(20-6-5-17(25)9-21(20)34(2,32)33)12-14-3-4-15-8-18(26)22(24)29-19(15)7-14/h3-11H,12H2,1-2H3. The van der Waals surface area contributed by atoms with Crippen molar-refractivity contribution < 1.29 is 22.0 Å². The number of aryl methyl sites for hydroxylation is 1. The van der Waals surface area contributed by atoms with Crippen LogP contribution in [0.5, 0.6) is 0 Å². The highest BCUT2D eigenvalue weighted by atomic mass is 35.5. The van der Waals surface area contributed by atoms with E-state index in [1.54, 1.807) is 25.1 Å². The van der Waals surface area contributed by atoms with Gasteiger partial charge in [0.25, 0.3) is 5.91 Å². The summed E-state index contributed by atoms with van der Waals surface area (Å²) in [7, 11) is -3.90. The van der Waals surface area contributed by atoms with Gasteiger partial charge in [0.15, 0.2) is 20.8 Å². The molecule has 0 aliphatic rings. The maximum atomic E-state index is 13.9. The Kier molecular flexibility index (Phi) is 6.28. The molecule has 0 N–H and O–H groups in total. The molecule has 0 unspecified atom stereocenters. The van der Waals surface area contributed by atoms with Crippen LogP contribution in [0.3, 0.4) is 0 Å². The van der Waals surface area contributed by atoms with Crippen molar-refractivity contribution >= 4 is 43.9 Å². The number of hydrogen-bond donors (Lipinski definition) is 0. The Morgan fingerprint density at radius 2 is 1.76 bits per heavy atom. The number of amides is 1. The van der Waals surface area contributed by atoms with Crippen molar-refractivity contribution in [2.45, 2.75) is 18.4 Å². The number of benzene rings is 2. The molecule has 0 saturated carbocycles. The average Bonchev–Trinajstić information content (AvgIpc) is 2.78. The number of hydrogen-bond acceptors (Lipinski definition) is 6. The van der Waals surface area contributed by atoms with Crippen LogP contribution in [0.25, 0.3) is 10.9 Å². The SMILES string of the molecule is Cc1ncc(C(=O)N(Cc2ccc3cc(F)c(Cl)nc3c2)c2ccc(F)cc2S(C)(=O)=O)cn1. The summed E-state index contributed by atoms with van der Waals surface area (Å²) in [5.74, 6) is -1.57. The molecular formula is C23H17ClF2N4O3S. The van der Waals surface area contributed by atoms with E-state index >= 15 is 0 Å². The number of anilines is 1. The maximum absolute atomic E-state index is 13.9. The predicted octanol–water partition coefficient (Wildman–Crippen LogP) is 4.52. The minimum Gasteiger partial charge on any atom is -0.303 e. The fraction of sp³-hybridized carbons (Fsp3) is 0.130. The molecule has 2 aromatic heterocycles. The number of nitrogens with zero attached hydrogens (tertiary/aromatic N) is 4. The number of aromatic nitrogens is 3. The van der Waals surface area contributed by atoms with E-state index in [-0.39, 0.29) is 27.8 Å². The summed E-state index contributed by atoms with van der Waals surface area (Å²) in [6.45, 7) is 1.55. The van der Waals surface area contributed by atoms with Gasteiger partial charge in [-0.25, -0.2) is 32.2 Å². The summed E-state index contributed by atoms with van der Waals surface area (Å²) >= 11 is 5.80. The molecule has 4 aromatic rings. The normalized spacial score (nSPS) is 11.6. The van der Waals surface area contributed by atoms with E-state index in [1.807, 2.05) is 0 Å². The van der Waals surface area contributed by atoms with Crippen molar-refractivity contribution in [1.82, 2.24) is 15.0 Å². The predicted molar refractivity (Wildman–Crippen MR) is 124 cm³/mol. The van der Waals surface area contributed by atoms with Crippen LogP contribution in [0.4, 0.5) is 14.5 Å². The Morgan fingerprint density at radius 3 is 2.44 bits per heavy atom. The molecular weight excluding hydrogens is 486 g/mol. The molecule has 2 heterocycles. The Labute approximate surface area is 199 Å². The Balaban J connectivity index is 1.85. The Hall–Kier alpha value is -3.50. The molecule has 7 nitrogen and oxygen atoms in total. The van der Waals surface area contributed by atoms with E-state index < -0.39 is 27.4 Å². The minimum atomic E-state index is -3.90. The fourth-order valence-electron chi connectivity index (χ4n) is 3.38. The van der Waals surface area contributed by atoms with Gasteiger partial charge in [-0.15, -0.1) is 0 Å². The molecule has 0 atom stereocenters. The maximum Gasteiger partial charge on any atom is 0.261 e. The van der Waals surface area contributed by atoms with Crippen LogP contribution in [-0.4, -0.2) is 35.5 Å². The van der Waals surface area contributed by atoms with Crippen molar-refractivity contribution in [3.63, 3.8) is 0 Å². The van der Waals surface area contributed by atoms with E-state index in [0.717, 1.165) is 18.4 Å². The van der Waals surface area contributed by atoms with Crippen molar-refractivity contribution in [3.8, 4) is 0 Å². The lowest BCUT2D eigenvalue weighted by molar-refractivity contribution is 0.0984. The molecule has 11 heteroatoms. The highest BCUT2D eigenvalue weighted by Gasteiger charge is 2.26. The molecule has 1 amide bonds. The minimum absolute atomic E-state index is 0.0142. The van der Waals surface area contributed by atoms with Crippen molar-refractivity contribution in [2.75, 3.05) is 11.2 Å². The summed E-state index contributed by atoms with van der Waals surface area (Å²) < 4.78 is 52.5. The summed E-state index contributed by atoms with van der Waals surface area (Å²) in [5, 5.41) is 0.196. The molecule has 0 radical (unpaired) electrons. The third-order valence-corrected chi connectivity index (χ3v) is 6.41. The molecule has 0 fully saturated rings. The molecule has 0 bridgehead atoms. The topological polar surface area (TPSA) is 93.1 Å². The Morgan fingerprint density at radius 1 is 1.06 bits per heavy atom. The lowest BCUT2D eigenvalue weighted by atomic mass is 10.1. The molecule has 0 spiro atoms. The van der Waals surface area contributed by atoms with Gasteiger partial charge in [0, 0.05) is 24.0 Å². The van der Waals surface area contributed by atoms with E-state index in [1.165, 1.54) is 29.4 Å². The van der Waals surface area contributed by atoms with Crippen LogP contribution in [0.1, 0.15) is 21.7 Å². The molecule has 0 saturated heterocycles. The number of halogens is 3. The number of rotatable bonds is 5. The first-order valence-corrected chi connectivity index (χ1v) is 12.1. The highest BCUT2D eigenvalue weighted by molar-refractivity contribution is 7.90. The fourth-order valence-corrected chi connectivity index (χ4v) is 4.41. The van der Waals surface area contributed by atoms with Gasteiger partial charge in [-0.1, -0.05) is 23.7 Å². The number of carbonyl (C=O) groups excluding carboxylic acids is 1. The van der Waals surface area contributed by atoms with Gasteiger partial charge in [0.2, 0.25) is 0 Å². The first kappa shape index (κ1) is 23.7. The van der Waals surface area contributed by atoms with Crippen LogP contribution < -0.4 is 4.90 Å². The second-order valence-electron chi connectivity index (χ2n) is 7.58. The molecule has 34 heavy (non-hydrogen) atoms. The van der Waals surface area contributed by atoms with Crippen molar-refractivity contribution in [1.29, 1.82) is 0 Å². The smallest absolute Gasteiger partial charge is 0.261 e. The number of fused-ring (bicyclic) bond motifs is 1. The summed E-state index contributed by atoms with van der Waals surface area (Å²) in [6, 6.07) is 9.26. The van der Waals surface area contributed by atoms with Gasteiger partial charge in [0.05, 0.1) is 28.2 Å². The molecule has 2 aromatic carbocycles. The first-order chi connectivity index (χ1) is 16.0. The van der Waals surface area contributed by atoms with Crippen LogP contribution in [-0.2, 0) is 16.4 Å². The zero-order valence-electron chi connectivity index (χ0n) is 18.0. The number of pyridine rings is 1. The van der Waals surface area contributed by atoms with E-state index in [4.69, 9.17) is 11.6 Å². The number of carbonyl (C=O) groups is 1. The second-order valence-corrected chi connectivity index (χ2v) is 9.92. The van der Waals surface area contributed by atoms with Gasteiger partial charge in [-0.05, 0) is 42.8 Å². The third kappa shape index (κ3) is 4.87. The zero-order valence-corrected chi connectivity index (χ0v) is 19.5. The largest absolute Gasteiger partial charge is 0.303 e. The van der Waals surface area contributed by atoms with Crippen LogP contribution in [0, 0.1) is 18.6 Å². The zero-order chi connectivity index (χ0) is 24.6. The monoisotopic (exact) mass is 502 g/mol. The highest BCUT2D eigenvalue weighted by Crippen LogP contribution is 2.30. The van der Waals surface area contributed by atoms with Crippen LogP contribution in [0.2, 0.25) is 5.15 Å². The van der Waals surface area contributed by atoms with Crippen molar-refractivity contribution in [3.05, 3.63) is 88.6 Å². The van der Waals surface area contributed by atoms with Gasteiger partial charge in [-0.3, -0.25) is 4.79 Å². The average molecular weight is 503 g/mol. The van der Waals surface area contributed by atoms with Crippen LogP contribution in [0.15, 0.2) is 59.8 Å². The third-order valence-electron chi connectivity index (χ3n) is 5.02. The van der Waals surface area contributed by atoms with E-state index in [9.17, 15) is 22.0 Å². The van der Waals surface area contributed by atoms with Gasteiger partial charge in [-0.2, -0.15) is 0 Å². The van der Waals surface area contributed by atoms with E-state index in [2.05, 4.69) is 15.0 Å². The van der Waals surface area contributed by atoms with Crippen molar-refractivity contribution in [2.24, 2.45) is 0 Å². The number of sulfone groups is 1. The van der Waals surface area contributed by atoms with Crippen LogP contribution >= 0.6 is 11.6 Å². The molecule has 174 valence electrons. The summed E-state index contributed by atoms with van der Waals surface area (Å²) in [4.78, 5) is 26.4.